The highest BCUT2D eigenvalue weighted by atomic mass is 32.2. The zero-order valence-corrected chi connectivity index (χ0v) is 25.1. The van der Waals surface area contributed by atoms with Crippen molar-refractivity contribution in [2.24, 2.45) is 0 Å². The minimum atomic E-state index is -3.71. The Morgan fingerprint density at radius 2 is 1.51 bits per heavy atom. The Morgan fingerprint density at radius 3 is 2.14 bits per heavy atom. The van der Waals surface area contributed by atoms with E-state index < -0.39 is 10.0 Å². The van der Waals surface area contributed by atoms with Crippen molar-refractivity contribution in [1.29, 1.82) is 0 Å². The standard InChI is InChI=1S/C29H31N7O6S/c1-6-42-23-12-7-9-20(31-23)28-34-27-29(36(28)24-21(40-3)10-8-11-22(24)41-4)33-25(26(32-27)35-43(5,37)38)30-17-18-13-15-19(39-2)16-14-18/h7-16H,6,17H2,1-5H3,(H,30,33)(H,32,35). The van der Waals surface area contributed by atoms with Gasteiger partial charge in [0.15, 0.2) is 23.1 Å². The second-order valence-corrected chi connectivity index (χ2v) is 11.0. The van der Waals surface area contributed by atoms with E-state index in [9.17, 15) is 8.42 Å². The molecule has 2 N–H and O–H groups in total. The summed E-state index contributed by atoms with van der Waals surface area (Å²) in [6.45, 7) is 2.62. The van der Waals surface area contributed by atoms with Crippen LogP contribution < -0.4 is 29.0 Å². The molecule has 2 aromatic carbocycles. The molecule has 43 heavy (non-hydrogen) atoms. The maximum Gasteiger partial charge on any atom is 0.231 e. The van der Waals surface area contributed by atoms with Crippen molar-refractivity contribution in [3.05, 3.63) is 66.2 Å². The number of methoxy groups -OCH3 is 3. The Kier molecular flexibility index (Phi) is 8.48. The molecule has 0 aliphatic heterocycles. The zero-order chi connectivity index (χ0) is 30.6. The number of aromatic nitrogens is 5. The molecule has 0 saturated carbocycles. The van der Waals surface area contributed by atoms with E-state index in [1.54, 1.807) is 62.3 Å². The number of sulfonamides is 1. The van der Waals surface area contributed by atoms with Crippen LogP contribution in [0.2, 0.25) is 0 Å². The average Bonchev–Trinajstić information content (AvgIpc) is 3.36. The van der Waals surface area contributed by atoms with Crippen LogP contribution in [-0.4, -0.2) is 67.1 Å². The third-order valence-corrected chi connectivity index (χ3v) is 6.83. The first kappa shape index (κ1) is 29.4. The van der Waals surface area contributed by atoms with Crippen molar-refractivity contribution in [2.45, 2.75) is 13.5 Å². The first-order chi connectivity index (χ1) is 20.7. The molecule has 5 aromatic rings. The summed E-state index contributed by atoms with van der Waals surface area (Å²) in [5, 5.41) is 3.21. The molecule has 0 amide bonds. The van der Waals surface area contributed by atoms with Crippen LogP contribution in [0.5, 0.6) is 23.1 Å². The van der Waals surface area contributed by atoms with E-state index in [2.05, 4.69) is 20.0 Å². The lowest BCUT2D eigenvalue weighted by molar-refractivity contribution is 0.327. The summed E-state index contributed by atoms with van der Waals surface area (Å²) in [6.07, 6.45) is 1.04. The van der Waals surface area contributed by atoms with Crippen LogP contribution in [0, 0.1) is 0 Å². The monoisotopic (exact) mass is 605 g/mol. The molecule has 3 aromatic heterocycles. The molecule has 14 heteroatoms. The fourth-order valence-electron chi connectivity index (χ4n) is 4.40. The fraction of sp³-hybridized carbons (Fsp3) is 0.241. The first-order valence-corrected chi connectivity index (χ1v) is 15.1. The summed E-state index contributed by atoms with van der Waals surface area (Å²) < 4.78 is 51.1. The number of para-hydroxylation sites is 1. The van der Waals surface area contributed by atoms with Crippen molar-refractivity contribution in [1.82, 2.24) is 24.5 Å². The van der Waals surface area contributed by atoms with Crippen LogP contribution in [0.4, 0.5) is 11.6 Å². The highest BCUT2D eigenvalue weighted by Crippen LogP contribution is 2.38. The topological polar surface area (TPSA) is 152 Å². The number of ether oxygens (including phenoxy) is 4. The summed E-state index contributed by atoms with van der Waals surface area (Å²) in [7, 11) is 0.978. The quantitative estimate of drug-likeness (QED) is 0.210. The van der Waals surface area contributed by atoms with E-state index in [4.69, 9.17) is 28.9 Å². The Morgan fingerprint density at radius 1 is 0.814 bits per heavy atom. The van der Waals surface area contributed by atoms with Gasteiger partial charge in [-0.1, -0.05) is 24.3 Å². The summed E-state index contributed by atoms with van der Waals surface area (Å²) in [4.78, 5) is 18.8. The van der Waals surface area contributed by atoms with Crippen molar-refractivity contribution in [2.75, 3.05) is 44.2 Å². The van der Waals surface area contributed by atoms with E-state index in [0.717, 1.165) is 11.8 Å². The number of nitrogens with zero attached hydrogens (tertiary/aromatic N) is 5. The molecular weight excluding hydrogens is 574 g/mol. The molecular formula is C29H31N7O6S. The molecule has 0 unspecified atom stereocenters. The molecule has 0 spiro atoms. The third kappa shape index (κ3) is 6.38. The minimum Gasteiger partial charge on any atom is -0.497 e. The largest absolute Gasteiger partial charge is 0.497 e. The summed E-state index contributed by atoms with van der Waals surface area (Å²) >= 11 is 0. The van der Waals surface area contributed by atoms with Crippen LogP contribution in [-0.2, 0) is 16.6 Å². The van der Waals surface area contributed by atoms with E-state index in [-0.39, 0.29) is 17.3 Å². The average molecular weight is 606 g/mol. The van der Waals surface area contributed by atoms with E-state index in [1.807, 2.05) is 31.2 Å². The molecule has 0 bridgehead atoms. The van der Waals surface area contributed by atoms with E-state index >= 15 is 0 Å². The van der Waals surface area contributed by atoms with Crippen molar-refractivity contribution in [3.8, 4) is 40.3 Å². The Bertz CT molecular complexity index is 1840. The lowest BCUT2D eigenvalue weighted by Crippen LogP contribution is -2.15. The normalized spacial score (nSPS) is 11.3. The predicted octanol–water partition coefficient (Wildman–Crippen LogP) is 4.29. The molecule has 0 radical (unpaired) electrons. The predicted molar refractivity (Wildman–Crippen MR) is 163 cm³/mol. The number of hydrogen-bond donors (Lipinski definition) is 2. The third-order valence-electron chi connectivity index (χ3n) is 6.27. The number of benzene rings is 2. The Labute approximate surface area is 248 Å². The van der Waals surface area contributed by atoms with Gasteiger partial charge in [0, 0.05) is 12.6 Å². The van der Waals surface area contributed by atoms with E-state index in [0.29, 0.717) is 59.1 Å². The molecule has 0 aliphatic carbocycles. The van der Waals surface area contributed by atoms with Crippen molar-refractivity contribution >= 4 is 33.0 Å². The number of hydrogen-bond acceptors (Lipinski definition) is 11. The van der Waals surface area contributed by atoms with E-state index in [1.165, 1.54) is 0 Å². The van der Waals surface area contributed by atoms with Gasteiger partial charge in [0.05, 0.1) is 34.2 Å². The highest BCUT2D eigenvalue weighted by Gasteiger charge is 2.26. The summed E-state index contributed by atoms with van der Waals surface area (Å²) in [5.74, 6) is 2.62. The number of imidazole rings is 1. The van der Waals surface area contributed by atoms with Crippen LogP contribution in [0.1, 0.15) is 12.5 Å². The molecule has 13 nitrogen and oxygen atoms in total. The number of pyridine rings is 1. The maximum absolute atomic E-state index is 12.3. The van der Waals surface area contributed by atoms with Crippen LogP contribution in [0.25, 0.3) is 28.5 Å². The van der Waals surface area contributed by atoms with Gasteiger partial charge in [0.2, 0.25) is 21.6 Å². The summed E-state index contributed by atoms with van der Waals surface area (Å²) in [6, 6.07) is 18.1. The number of nitrogens with one attached hydrogen (secondary N) is 2. The van der Waals surface area contributed by atoms with Gasteiger partial charge in [-0.25, -0.2) is 28.4 Å². The summed E-state index contributed by atoms with van der Waals surface area (Å²) in [5.41, 5.74) is 2.34. The van der Waals surface area contributed by atoms with Gasteiger partial charge in [-0.15, -0.1) is 0 Å². The molecule has 0 saturated heterocycles. The Balaban J connectivity index is 1.75. The number of fused-ring (bicyclic) bond motifs is 1. The minimum absolute atomic E-state index is 0.0114. The first-order valence-electron chi connectivity index (χ1n) is 13.2. The van der Waals surface area contributed by atoms with Gasteiger partial charge in [0.1, 0.15) is 28.6 Å². The molecule has 0 aliphatic rings. The van der Waals surface area contributed by atoms with Gasteiger partial charge in [0.25, 0.3) is 0 Å². The second kappa shape index (κ2) is 12.4. The smallest absolute Gasteiger partial charge is 0.231 e. The van der Waals surface area contributed by atoms with Crippen LogP contribution in [0.15, 0.2) is 60.7 Å². The highest BCUT2D eigenvalue weighted by molar-refractivity contribution is 7.92. The molecule has 0 atom stereocenters. The van der Waals surface area contributed by atoms with Gasteiger partial charge in [-0.3, -0.25) is 9.29 Å². The number of anilines is 2. The van der Waals surface area contributed by atoms with Gasteiger partial charge < -0.3 is 24.3 Å². The molecule has 0 fully saturated rings. The molecule has 3 heterocycles. The van der Waals surface area contributed by atoms with Crippen LogP contribution in [0.3, 0.4) is 0 Å². The van der Waals surface area contributed by atoms with Gasteiger partial charge >= 0.3 is 0 Å². The molecule has 5 rings (SSSR count). The zero-order valence-electron chi connectivity index (χ0n) is 24.3. The van der Waals surface area contributed by atoms with Gasteiger partial charge in [-0.2, -0.15) is 0 Å². The van der Waals surface area contributed by atoms with Crippen LogP contribution >= 0.6 is 0 Å². The fourth-order valence-corrected chi connectivity index (χ4v) is 4.89. The second-order valence-electron chi connectivity index (χ2n) is 9.22. The lowest BCUT2D eigenvalue weighted by Gasteiger charge is -2.17. The molecule has 224 valence electrons. The van der Waals surface area contributed by atoms with Crippen molar-refractivity contribution < 1.29 is 27.4 Å². The lowest BCUT2D eigenvalue weighted by atomic mass is 10.2. The van der Waals surface area contributed by atoms with Crippen molar-refractivity contribution in [3.63, 3.8) is 0 Å². The number of rotatable bonds is 12. The maximum atomic E-state index is 12.3. The SMILES string of the molecule is CCOc1cccc(-c2nc3nc(NS(C)(=O)=O)c(NCc4ccc(OC)cc4)nc3n2-c2c(OC)cccc2OC)n1. The van der Waals surface area contributed by atoms with Gasteiger partial charge in [-0.05, 0) is 42.8 Å². The Hall–Kier alpha value is -5.11.